The quantitative estimate of drug-likeness (QED) is 0.518. The fraction of sp³-hybridized carbons (Fsp3) is 0.211. The first-order valence-electron chi connectivity index (χ1n) is 8.37. The largest absolute Gasteiger partial charge is 0.356 e. The van der Waals surface area contributed by atoms with E-state index in [-0.39, 0.29) is 0 Å². The molecule has 2 aromatic heterocycles. The van der Waals surface area contributed by atoms with Crippen LogP contribution in [0.4, 0.5) is 0 Å². The van der Waals surface area contributed by atoms with E-state index < -0.39 is 0 Å². The van der Waals surface area contributed by atoms with E-state index in [0.29, 0.717) is 6.54 Å². The molecule has 0 saturated heterocycles. The van der Waals surface area contributed by atoms with Gasteiger partial charge in [-0.25, -0.2) is 9.97 Å². The topological polar surface area (TPSA) is 67.1 Å². The average Bonchev–Trinajstić information content (AvgIpc) is 3.21. The average molecular weight is 369 g/mol. The highest BCUT2D eigenvalue weighted by Gasteiger charge is 2.01. The van der Waals surface area contributed by atoms with Gasteiger partial charge in [-0.2, -0.15) is 0 Å². The van der Waals surface area contributed by atoms with E-state index in [2.05, 4.69) is 25.6 Å². The van der Waals surface area contributed by atoms with Crippen molar-refractivity contribution in [1.82, 2.24) is 25.2 Å². The zero-order valence-corrected chi connectivity index (χ0v) is 15.3. The normalized spacial score (nSPS) is 11.4. The Bertz CT molecular complexity index is 825. The van der Waals surface area contributed by atoms with Gasteiger partial charge in [0.2, 0.25) is 0 Å². The highest BCUT2D eigenvalue weighted by Crippen LogP contribution is 2.09. The molecule has 0 fully saturated rings. The van der Waals surface area contributed by atoms with Crippen LogP contribution in [0.25, 0.3) is 5.82 Å². The Kier molecular flexibility index (Phi) is 6.22. The number of aromatic nitrogens is 3. The lowest BCUT2D eigenvalue weighted by Crippen LogP contribution is -2.37. The predicted octanol–water partition coefficient (Wildman–Crippen LogP) is 2.83. The lowest BCUT2D eigenvalue weighted by molar-refractivity contribution is 0.792. The van der Waals surface area contributed by atoms with E-state index in [1.807, 2.05) is 53.4 Å². The summed E-state index contributed by atoms with van der Waals surface area (Å²) in [5, 5.41) is 7.36. The van der Waals surface area contributed by atoms with Crippen LogP contribution in [0.2, 0.25) is 5.02 Å². The third-order valence-corrected chi connectivity index (χ3v) is 4.13. The Morgan fingerprint density at radius 3 is 2.58 bits per heavy atom. The monoisotopic (exact) mass is 368 g/mol. The van der Waals surface area contributed by atoms with E-state index in [4.69, 9.17) is 11.6 Å². The molecule has 0 atom stereocenters. The van der Waals surface area contributed by atoms with Crippen LogP contribution in [0.5, 0.6) is 0 Å². The van der Waals surface area contributed by atoms with E-state index >= 15 is 0 Å². The highest BCUT2D eigenvalue weighted by molar-refractivity contribution is 6.30. The Morgan fingerprint density at radius 2 is 1.92 bits per heavy atom. The second-order valence-corrected chi connectivity index (χ2v) is 6.16. The van der Waals surface area contributed by atoms with Crippen molar-refractivity contribution in [2.75, 3.05) is 13.6 Å². The summed E-state index contributed by atoms with van der Waals surface area (Å²) in [6, 6.07) is 11.9. The van der Waals surface area contributed by atoms with Gasteiger partial charge < -0.3 is 10.6 Å². The fourth-order valence-electron chi connectivity index (χ4n) is 2.45. The number of rotatable bonds is 6. The summed E-state index contributed by atoms with van der Waals surface area (Å²) in [6.45, 7) is 1.44. The van der Waals surface area contributed by atoms with Crippen molar-refractivity contribution in [3.63, 3.8) is 0 Å². The van der Waals surface area contributed by atoms with Gasteiger partial charge in [-0.3, -0.25) is 9.56 Å². The summed E-state index contributed by atoms with van der Waals surface area (Å²) < 4.78 is 1.87. The molecule has 0 bridgehead atoms. The maximum atomic E-state index is 5.90. The van der Waals surface area contributed by atoms with Crippen LogP contribution < -0.4 is 10.6 Å². The van der Waals surface area contributed by atoms with Crippen LogP contribution in [0.1, 0.15) is 11.1 Å². The molecule has 0 spiro atoms. The van der Waals surface area contributed by atoms with Crippen molar-refractivity contribution in [2.45, 2.75) is 13.0 Å². The third kappa shape index (κ3) is 5.07. The zero-order chi connectivity index (χ0) is 18.2. The summed E-state index contributed by atoms with van der Waals surface area (Å²) in [6.07, 6.45) is 8.08. The van der Waals surface area contributed by atoms with Gasteiger partial charge in [0.1, 0.15) is 12.1 Å². The molecule has 3 aromatic rings. The standard InChI is InChI=1S/C19H21ClN6/c1-21-19(23-9-8-15-2-5-17(20)6-3-15)25-13-16-4-7-18(24-12-16)26-11-10-22-14-26/h2-7,10-12,14H,8-9,13H2,1H3,(H2,21,23,25). The molecule has 0 saturated carbocycles. The van der Waals surface area contributed by atoms with Crippen LogP contribution >= 0.6 is 11.6 Å². The second-order valence-electron chi connectivity index (χ2n) is 5.72. The van der Waals surface area contributed by atoms with Crippen LogP contribution in [0.15, 0.2) is 66.3 Å². The molecule has 0 unspecified atom stereocenters. The Balaban J connectivity index is 1.45. The van der Waals surface area contributed by atoms with E-state index in [9.17, 15) is 0 Å². The molecular formula is C19H21ClN6. The molecule has 7 heteroatoms. The number of nitrogens with one attached hydrogen (secondary N) is 2. The Labute approximate surface area is 158 Å². The number of hydrogen-bond acceptors (Lipinski definition) is 3. The van der Waals surface area contributed by atoms with Crippen LogP contribution in [0.3, 0.4) is 0 Å². The first-order chi connectivity index (χ1) is 12.7. The minimum atomic E-state index is 0.651. The van der Waals surface area contributed by atoms with Crippen molar-refractivity contribution in [1.29, 1.82) is 0 Å². The van der Waals surface area contributed by atoms with Crippen molar-refractivity contribution < 1.29 is 0 Å². The van der Waals surface area contributed by atoms with Crippen molar-refractivity contribution in [3.05, 3.63) is 77.5 Å². The van der Waals surface area contributed by atoms with Gasteiger partial charge in [0.15, 0.2) is 5.96 Å². The van der Waals surface area contributed by atoms with Crippen LogP contribution in [-0.2, 0) is 13.0 Å². The summed E-state index contributed by atoms with van der Waals surface area (Å²) in [4.78, 5) is 12.7. The number of aliphatic imine (C=N–C) groups is 1. The molecule has 0 radical (unpaired) electrons. The number of benzene rings is 1. The summed E-state index contributed by atoms with van der Waals surface area (Å²) in [7, 11) is 1.76. The molecule has 3 rings (SSSR count). The lowest BCUT2D eigenvalue weighted by Gasteiger charge is -2.12. The number of imidazole rings is 1. The van der Waals surface area contributed by atoms with E-state index in [1.165, 1.54) is 5.56 Å². The van der Waals surface area contributed by atoms with Crippen LogP contribution in [0, 0.1) is 0 Å². The lowest BCUT2D eigenvalue weighted by atomic mass is 10.1. The Hall–Kier alpha value is -2.86. The van der Waals surface area contributed by atoms with Crippen molar-refractivity contribution in [3.8, 4) is 5.82 Å². The van der Waals surface area contributed by atoms with Gasteiger partial charge in [0.05, 0.1) is 0 Å². The number of guanidine groups is 1. The zero-order valence-electron chi connectivity index (χ0n) is 14.6. The number of pyridine rings is 1. The first kappa shape index (κ1) is 17.9. The molecule has 0 aliphatic rings. The summed E-state index contributed by atoms with van der Waals surface area (Å²) >= 11 is 5.90. The number of hydrogen-bond donors (Lipinski definition) is 2. The molecule has 0 aliphatic heterocycles. The second kappa shape index (κ2) is 9.01. The Morgan fingerprint density at radius 1 is 1.12 bits per heavy atom. The molecule has 0 amide bonds. The molecule has 2 heterocycles. The maximum absolute atomic E-state index is 5.90. The van der Waals surface area contributed by atoms with E-state index in [0.717, 1.165) is 35.3 Å². The fourth-order valence-corrected chi connectivity index (χ4v) is 2.58. The molecule has 0 aliphatic carbocycles. The minimum absolute atomic E-state index is 0.651. The van der Waals surface area contributed by atoms with Gasteiger partial charge in [-0.15, -0.1) is 0 Å². The third-order valence-electron chi connectivity index (χ3n) is 3.88. The SMILES string of the molecule is CN=C(NCCc1ccc(Cl)cc1)NCc1ccc(-n2ccnc2)nc1. The molecule has 6 nitrogen and oxygen atoms in total. The minimum Gasteiger partial charge on any atom is -0.356 e. The van der Waals surface area contributed by atoms with Crippen LogP contribution in [-0.4, -0.2) is 34.1 Å². The van der Waals surface area contributed by atoms with Crippen molar-refractivity contribution in [2.24, 2.45) is 4.99 Å². The molecule has 26 heavy (non-hydrogen) atoms. The maximum Gasteiger partial charge on any atom is 0.191 e. The predicted molar refractivity (Wildman–Crippen MR) is 105 cm³/mol. The van der Waals surface area contributed by atoms with Gasteiger partial charge in [0, 0.05) is 43.8 Å². The summed E-state index contributed by atoms with van der Waals surface area (Å²) in [5.74, 6) is 1.61. The van der Waals surface area contributed by atoms with Crippen molar-refractivity contribution >= 4 is 17.6 Å². The smallest absolute Gasteiger partial charge is 0.191 e. The van der Waals surface area contributed by atoms with Gasteiger partial charge in [-0.1, -0.05) is 29.8 Å². The first-order valence-corrected chi connectivity index (χ1v) is 8.74. The molecular weight excluding hydrogens is 348 g/mol. The number of halogens is 1. The highest BCUT2D eigenvalue weighted by atomic mass is 35.5. The van der Waals surface area contributed by atoms with Gasteiger partial charge in [-0.05, 0) is 35.7 Å². The molecule has 2 N–H and O–H groups in total. The summed E-state index contributed by atoms with van der Waals surface area (Å²) in [5.41, 5.74) is 2.31. The van der Waals surface area contributed by atoms with Gasteiger partial charge in [0.25, 0.3) is 0 Å². The molecule has 1 aromatic carbocycles. The molecule has 134 valence electrons. The number of nitrogens with zero attached hydrogens (tertiary/aromatic N) is 4. The van der Waals surface area contributed by atoms with E-state index in [1.54, 1.807) is 19.6 Å². The van der Waals surface area contributed by atoms with Gasteiger partial charge >= 0.3 is 0 Å².